The number of methoxy groups -OCH3 is 1. The van der Waals surface area contributed by atoms with Crippen molar-refractivity contribution < 1.29 is 13.9 Å². The summed E-state index contributed by atoms with van der Waals surface area (Å²) in [5.41, 5.74) is 0.315. The van der Waals surface area contributed by atoms with Crippen LogP contribution < -0.4 is 15.4 Å². The van der Waals surface area contributed by atoms with Crippen LogP contribution in [0.25, 0.3) is 0 Å². The molecule has 6 heteroatoms. The van der Waals surface area contributed by atoms with E-state index in [0.717, 1.165) is 19.5 Å². The summed E-state index contributed by atoms with van der Waals surface area (Å²) in [6.45, 7) is 1.67. The number of nitrogens with one attached hydrogen (secondary N) is 2. The molecule has 0 aromatic heterocycles. The van der Waals surface area contributed by atoms with Gasteiger partial charge in [0.1, 0.15) is 0 Å². The molecule has 1 saturated heterocycles. The van der Waals surface area contributed by atoms with Crippen molar-refractivity contribution in [3.8, 4) is 5.75 Å². The Labute approximate surface area is 111 Å². The highest BCUT2D eigenvalue weighted by atomic mass is 35.5. The van der Waals surface area contributed by atoms with E-state index in [1.54, 1.807) is 6.07 Å². The highest BCUT2D eigenvalue weighted by Crippen LogP contribution is 2.17. The summed E-state index contributed by atoms with van der Waals surface area (Å²) in [5.74, 6) is -0.631. The smallest absolute Gasteiger partial charge is 0.251 e. The van der Waals surface area contributed by atoms with Gasteiger partial charge in [-0.1, -0.05) is 0 Å². The molecule has 1 aliphatic heterocycles. The topological polar surface area (TPSA) is 50.4 Å². The van der Waals surface area contributed by atoms with Crippen molar-refractivity contribution in [3.63, 3.8) is 0 Å². The quantitative estimate of drug-likeness (QED) is 0.875. The molecular formula is C12H16ClFN2O2. The normalized spacial score (nSPS) is 18.0. The van der Waals surface area contributed by atoms with Crippen molar-refractivity contribution in [2.45, 2.75) is 12.5 Å². The third-order valence-electron chi connectivity index (χ3n) is 2.81. The zero-order chi connectivity index (χ0) is 12.3. The number of carbonyl (C=O) groups is 1. The molecule has 0 bridgehead atoms. The van der Waals surface area contributed by atoms with Gasteiger partial charge in [-0.3, -0.25) is 4.79 Å². The second-order valence-electron chi connectivity index (χ2n) is 4.01. The molecular weight excluding hydrogens is 259 g/mol. The summed E-state index contributed by atoms with van der Waals surface area (Å²) in [5, 5.41) is 6.00. The molecule has 0 radical (unpaired) electrons. The predicted octanol–water partition coefficient (Wildman–Crippen LogP) is 1.35. The molecule has 18 heavy (non-hydrogen) atoms. The molecule has 1 fully saturated rings. The fraction of sp³-hybridized carbons (Fsp3) is 0.417. The van der Waals surface area contributed by atoms with Gasteiger partial charge in [-0.2, -0.15) is 0 Å². The summed E-state index contributed by atoms with van der Waals surface area (Å²) in [6.07, 6.45) is 0.907. The van der Waals surface area contributed by atoms with Crippen molar-refractivity contribution in [1.29, 1.82) is 0 Å². The van der Waals surface area contributed by atoms with Crippen molar-refractivity contribution in [3.05, 3.63) is 29.6 Å². The third kappa shape index (κ3) is 3.34. The first-order valence-electron chi connectivity index (χ1n) is 5.56. The van der Waals surface area contributed by atoms with Gasteiger partial charge in [-0.15, -0.1) is 12.4 Å². The summed E-state index contributed by atoms with van der Waals surface area (Å²) < 4.78 is 18.2. The van der Waals surface area contributed by atoms with Crippen molar-refractivity contribution >= 4 is 18.3 Å². The van der Waals surface area contributed by atoms with E-state index in [4.69, 9.17) is 4.74 Å². The summed E-state index contributed by atoms with van der Waals surface area (Å²) >= 11 is 0. The van der Waals surface area contributed by atoms with Crippen molar-refractivity contribution in [1.82, 2.24) is 10.6 Å². The molecule has 1 atom stereocenters. The minimum atomic E-state index is -0.523. The van der Waals surface area contributed by atoms with Gasteiger partial charge in [0.25, 0.3) is 5.91 Å². The van der Waals surface area contributed by atoms with E-state index in [0.29, 0.717) is 5.56 Å². The molecule has 1 heterocycles. The minimum absolute atomic E-state index is 0. The Balaban J connectivity index is 0.00000162. The molecule has 0 aliphatic carbocycles. The molecule has 100 valence electrons. The standard InChI is InChI=1S/C12H15FN2O2.ClH/c1-17-11-3-2-8(6-10(11)13)12(16)15-9-4-5-14-7-9;/h2-3,6,9,14H,4-5,7H2,1H3,(H,15,16);1H. The van der Waals surface area contributed by atoms with Gasteiger partial charge in [-0.25, -0.2) is 4.39 Å². The lowest BCUT2D eigenvalue weighted by Gasteiger charge is -2.11. The SMILES string of the molecule is COc1ccc(C(=O)NC2CCNC2)cc1F.Cl. The first-order valence-corrected chi connectivity index (χ1v) is 5.56. The first-order chi connectivity index (χ1) is 8.20. The lowest BCUT2D eigenvalue weighted by molar-refractivity contribution is 0.0939. The van der Waals surface area contributed by atoms with Gasteiger partial charge >= 0.3 is 0 Å². The number of hydrogen-bond acceptors (Lipinski definition) is 3. The molecule has 1 unspecified atom stereocenters. The third-order valence-corrected chi connectivity index (χ3v) is 2.81. The summed E-state index contributed by atoms with van der Waals surface area (Å²) in [6, 6.07) is 4.33. The molecule has 4 nitrogen and oxygen atoms in total. The zero-order valence-corrected chi connectivity index (χ0v) is 10.8. The zero-order valence-electron chi connectivity index (χ0n) is 10.0. The maximum absolute atomic E-state index is 13.4. The fourth-order valence-corrected chi connectivity index (χ4v) is 1.85. The monoisotopic (exact) mass is 274 g/mol. The second kappa shape index (κ2) is 6.56. The van der Waals surface area contributed by atoms with Gasteiger partial charge in [-0.05, 0) is 31.2 Å². The van der Waals surface area contributed by atoms with Crippen LogP contribution in [0.2, 0.25) is 0 Å². The van der Waals surface area contributed by atoms with Gasteiger partial charge in [0, 0.05) is 18.2 Å². The molecule has 2 rings (SSSR count). The Bertz CT molecular complexity index is 423. The van der Waals surface area contributed by atoms with E-state index in [1.165, 1.54) is 19.2 Å². The lowest BCUT2D eigenvalue weighted by atomic mass is 10.1. The van der Waals surface area contributed by atoms with E-state index in [1.807, 2.05) is 0 Å². The maximum atomic E-state index is 13.4. The van der Waals surface area contributed by atoms with E-state index >= 15 is 0 Å². The van der Waals surface area contributed by atoms with E-state index in [9.17, 15) is 9.18 Å². The van der Waals surface area contributed by atoms with Gasteiger partial charge in [0.05, 0.1) is 7.11 Å². The highest BCUT2D eigenvalue weighted by Gasteiger charge is 2.18. The summed E-state index contributed by atoms with van der Waals surface area (Å²) in [4.78, 5) is 11.8. The number of benzene rings is 1. The molecule has 0 spiro atoms. The maximum Gasteiger partial charge on any atom is 0.251 e. The van der Waals surface area contributed by atoms with E-state index in [-0.39, 0.29) is 30.1 Å². The molecule has 1 aromatic carbocycles. The van der Waals surface area contributed by atoms with Crippen LogP contribution in [0.3, 0.4) is 0 Å². The fourth-order valence-electron chi connectivity index (χ4n) is 1.85. The number of hydrogen-bond donors (Lipinski definition) is 2. The Morgan fingerprint density at radius 1 is 1.56 bits per heavy atom. The average Bonchev–Trinajstić information content (AvgIpc) is 2.81. The predicted molar refractivity (Wildman–Crippen MR) is 68.9 cm³/mol. The van der Waals surface area contributed by atoms with Crippen LogP contribution in [-0.2, 0) is 0 Å². The van der Waals surface area contributed by atoms with Crippen molar-refractivity contribution in [2.24, 2.45) is 0 Å². The van der Waals surface area contributed by atoms with Gasteiger partial charge < -0.3 is 15.4 Å². The van der Waals surface area contributed by atoms with Crippen LogP contribution in [0.15, 0.2) is 18.2 Å². The Morgan fingerprint density at radius 2 is 2.33 bits per heavy atom. The minimum Gasteiger partial charge on any atom is -0.494 e. The Hall–Kier alpha value is -1.33. The van der Waals surface area contributed by atoms with Gasteiger partial charge in [0.15, 0.2) is 11.6 Å². The number of amides is 1. The van der Waals surface area contributed by atoms with Crippen LogP contribution in [0.1, 0.15) is 16.8 Å². The highest BCUT2D eigenvalue weighted by molar-refractivity contribution is 5.94. The van der Waals surface area contributed by atoms with Crippen LogP contribution in [0.4, 0.5) is 4.39 Å². The second-order valence-corrected chi connectivity index (χ2v) is 4.01. The Kier molecular flexibility index (Phi) is 5.37. The van der Waals surface area contributed by atoms with Crippen LogP contribution in [-0.4, -0.2) is 32.1 Å². The van der Waals surface area contributed by atoms with Gasteiger partial charge in [0.2, 0.25) is 0 Å². The molecule has 2 N–H and O–H groups in total. The van der Waals surface area contributed by atoms with E-state index in [2.05, 4.69) is 10.6 Å². The molecule has 0 saturated carbocycles. The van der Waals surface area contributed by atoms with E-state index < -0.39 is 5.82 Å². The van der Waals surface area contributed by atoms with Crippen LogP contribution in [0.5, 0.6) is 5.75 Å². The number of ether oxygens (including phenoxy) is 1. The Morgan fingerprint density at radius 3 is 2.89 bits per heavy atom. The van der Waals surface area contributed by atoms with Crippen LogP contribution >= 0.6 is 12.4 Å². The summed E-state index contributed by atoms with van der Waals surface area (Å²) in [7, 11) is 1.39. The number of halogens is 2. The average molecular weight is 275 g/mol. The van der Waals surface area contributed by atoms with Crippen LogP contribution in [0, 0.1) is 5.82 Å². The molecule has 1 amide bonds. The molecule has 1 aromatic rings. The first kappa shape index (κ1) is 14.7. The lowest BCUT2D eigenvalue weighted by Crippen LogP contribution is -2.36. The number of carbonyl (C=O) groups excluding carboxylic acids is 1. The number of rotatable bonds is 3. The molecule has 1 aliphatic rings. The largest absolute Gasteiger partial charge is 0.494 e. The van der Waals surface area contributed by atoms with Crippen molar-refractivity contribution in [2.75, 3.05) is 20.2 Å².